The van der Waals surface area contributed by atoms with Crippen LogP contribution < -0.4 is 10.6 Å². The third kappa shape index (κ3) is 4.18. The molecule has 7 heteroatoms. The number of amides is 2. The largest absolute Gasteiger partial charge is 0.479 e. The average Bonchev–Trinajstić information content (AvgIpc) is 3.12. The van der Waals surface area contributed by atoms with Crippen LogP contribution in [0.5, 0.6) is 0 Å². The molecule has 2 amide bonds. The molecular weight excluding hydrogens is 290 g/mol. The second-order valence-electron chi connectivity index (χ2n) is 5.07. The summed E-state index contributed by atoms with van der Waals surface area (Å²) >= 11 is 1.32. The highest BCUT2D eigenvalue weighted by atomic mass is 32.1. The first-order valence-corrected chi connectivity index (χ1v) is 8.04. The molecule has 0 aromatic carbocycles. The van der Waals surface area contributed by atoms with Crippen LogP contribution in [0, 0.1) is 0 Å². The van der Waals surface area contributed by atoms with Crippen LogP contribution in [-0.2, 0) is 4.79 Å². The number of carbonyl (C=O) groups is 2. The Morgan fingerprint density at radius 1 is 1.57 bits per heavy atom. The van der Waals surface area contributed by atoms with Crippen molar-refractivity contribution in [3.63, 3.8) is 0 Å². The summed E-state index contributed by atoms with van der Waals surface area (Å²) in [6, 6.07) is 2.41. The second kappa shape index (κ2) is 7.42. The number of rotatable bonds is 6. The van der Waals surface area contributed by atoms with E-state index in [1.807, 2.05) is 0 Å². The fourth-order valence-electron chi connectivity index (χ4n) is 2.65. The average molecular weight is 311 g/mol. The van der Waals surface area contributed by atoms with E-state index in [9.17, 15) is 14.7 Å². The fraction of sp³-hybridized carbons (Fsp3) is 0.571. The number of nitrogens with zero attached hydrogens (tertiary/aromatic N) is 1. The van der Waals surface area contributed by atoms with Gasteiger partial charge in [-0.05, 0) is 37.4 Å². The Balaban J connectivity index is 1.84. The predicted molar refractivity (Wildman–Crippen MR) is 81.5 cm³/mol. The number of nitrogens with one attached hydrogen (secondary N) is 2. The molecule has 2 atom stereocenters. The quantitative estimate of drug-likeness (QED) is 0.746. The van der Waals surface area contributed by atoms with Gasteiger partial charge in [0.2, 0.25) is 0 Å². The third-order valence-electron chi connectivity index (χ3n) is 3.75. The molecule has 1 saturated heterocycles. The molecule has 1 aromatic heterocycles. The van der Waals surface area contributed by atoms with Crippen LogP contribution >= 0.6 is 11.3 Å². The molecule has 1 aliphatic rings. The van der Waals surface area contributed by atoms with Gasteiger partial charge in [-0.2, -0.15) is 0 Å². The summed E-state index contributed by atoms with van der Waals surface area (Å²) in [7, 11) is 0. The summed E-state index contributed by atoms with van der Waals surface area (Å²) < 4.78 is 0. The van der Waals surface area contributed by atoms with Crippen molar-refractivity contribution < 1.29 is 14.7 Å². The number of carboxylic acid groups (broad SMARTS) is 1. The Hall–Kier alpha value is -1.60. The van der Waals surface area contributed by atoms with Gasteiger partial charge in [0.25, 0.3) is 0 Å². The summed E-state index contributed by atoms with van der Waals surface area (Å²) in [6.07, 6.45) is 2.22. The fourth-order valence-corrected chi connectivity index (χ4v) is 3.41. The van der Waals surface area contributed by atoms with Gasteiger partial charge in [0.15, 0.2) is 6.04 Å². The lowest BCUT2D eigenvalue weighted by Gasteiger charge is -2.23. The molecule has 1 fully saturated rings. The SMILES string of the molecule is CCN1CCCC1CNC(=O)NC(C(=O)O)c1cccs1. The van der Waals surface area contributed by atoms with Gasteiger partial charge in [-0.25, -0.2) is 9.59 Å². The van der Waals surface area contributed by atoms with Crippen molar-refractivity contribution in [2.75, 3.05) is 19.6 Å². The van der Waals surface area contributed by atoms with E-state index in [1.165, 1.54) is 11.3 Å². The summed E-state index contributed by atoms with van der Waals surface area (Å²) in [6.45, 7) is 4.70. The maximum atomic E-state index is 11.9. The van der Waals surface area contributed by atoms with E-state index in [0.717, 1.165) is 25.9 Å². The number of likely N-dealkylation sites (N-methyl/N-ethyl adjacent to an activating group) is 1. The lowest BCUT2D eigenvalue weighted by Crippen LogP contribution is -2.45. The van der Waals surface area contributed by atoms with Crippen LogP contribution in [0.25, 0.3) is 0 Å². The van der Waals surface area contributed by atoms with Crippen molar-refractivity contribution in [1.82, 2.24) is 15.5 Å². The molecule has 116 valence electrons. The molecule has 2 rings (SSSR count). The Bertz CT molecular complexity index is 478. The Morgan fingerprint density at radius 2 is 2.38 bits per heavy atom. The molecule has 0 saturated carbocycles. The van der Waals surface area contributed by atoms with Gasteiger partial charge < -0.3 is 15.7 Å². The zero-order valence-corrected chi connectivity index (χ0v) is 12.9. The standard InChI is InChI=1S/C14H21N3O3S/c1-2-17-7-3-5-10(17)9-15-14(20)16-12(13(18)19)11-6-4-8-21-11/h4,6,8,10,12H,2-3,5,7,9H2,1H3,(H,18,19)(H2,15,16,20). The van der Waals surface area contributed by atoms with Gasteiger partial charge in [-0.1, -0.05) is 13.0 Å². The number of carbonyl (C=O) groups excluding carboxylic acids is 1. The first-order chi connectivity index (χ1) is 10.1. The van der Waals surface area contributed by atoms with E-state index in [0.29, 0.717) is 17.5 Å². The number of hydrogen-bond donors (Lipinski definition) is 3. The summed E-state index contributed by atoms with van der Waals surface area (Å²) in [5, 5.41) is 16.3. The normalized spacial score (nSPS) is 20.1. The van der Waals surface area contributed by atoms with E-state index in [1.54, 1.807) is 17.5 Å². The monoisotopic (exact) mass is 311 g/mol. The molecule has 3 N–H and O–H groups in total. The number of aliphatic carboxylic acids is 1. The minimum Gasteiger partial charge on any atom is -0.479 e. The van der Waals surface area contributed by atoms with Crippen LogP contribution in [0.3, 0.4) is 0 Å². The van der Waals surface area contributed by atoms with Crippen LogP contribution in [0.15, 0.2) is 17.5 Å². The number of urea groups is 1. The first kappa shape index (κ1) is 15.8. The number of likely N-dealkylation sites (tertiary alicyclic amines) is 1. The first-order valence-electron chi connectivity index (χ1n) is 7.16. The maximum absolute atomic E-state index is 11.9. The summed E-state index contributed by atoms with van der Waals surface area (Å²) in [5.74, 6) is -1.05. The number of thiophene rings is 1. The third-order valence-corrected chi connectivity index (χ3v) is 4.69. The molecule has 0 radical (unpaired) electrons. The van der Waals surface area contributed by atoms with Gasteiger partial charge in [-0.3, -0.25) is 4.90 Å². The summed E-state index contributed by atoms with van der Waals surface area (Å²) in [4.78, 5) is 26.1. The van der Waals surface area contributed by atoms with Crippen molar-refractivity contribution in [2.24, 2.45) is 0 Å². The van der Waals surface area contributed by atoms with Gasteiger partial charge >= 0.3 is 12.0 Å². The molecule has 0 aliphatic carbocycles. The van der Waals surface area contributed by atoms with E-state index < -0.39 is 18.0 Å². The zero-order valence-electron chi connectivity index (χ0n) is 12.0. The highest BCUT2D eigenvalue weighted by molar-refractivity contribution is 7.10. The Morgan fingerprint density at radius 3 is 3.00 bits per heavy atom. The molecule has 6 nitrogen and oxygen atoms in total. The smallest absolute Gasteiger partial charge is 0.331 e. The Kier molecular flexibility index (Phi) is 5.58. The van der Waals surface area contributed by atoms with Gasteiger partial charge in [0, 0.05) is 17.5 Å². The molecule has 0 bridgehead atoms. The topological polar surface area (TPSA) is 81.7 Å². The molecule has 1 aromatic rings. The van der Waals surface area contributed by atoms with Gasteiger partial charge in [0.1, 0.15) is 0 Å². The van der Waals surface area contributed by atoms with Crippen molar-refractivity contribution >= 4 is 23.3 Å². The van der Waals surface area contributed by atoms with Gasteiger partial charge in [-0.15, -0.1) is 11.3 Å². The van der Waals surface area contributed by atoms with E-state index in [4.69, 9.17) is 0 Å². The van der Waals surface area contributed by atoms with Crippen molar-refractivity contribution in [2.45, 2.75) is 31.8 Å². The van der Waals surface area contributed by atoms with Crippen LogP contribution in [0.1, 0.15) is 30.7 Å². The van der Waals surface area contributed by atoms with Gasteiger partial charge in [0.05, 0.1) is 0 Å². The molecule has 0 spiro atoms. The minimum atomic E-state index is -1.05. The molecular formula is C14H21N3O3S. The Labute approximate surface area is 128 Å². The number of carboxylic acids is 1. The van der Waals surface area contributed by atoms with Crippen LogP contribution in [0.2, 0.25) is 0 Å². The molecule has 1 aliphatic heterocycles. The predicted octanol–water partition coefficient (Wildman–Crippen LogP) is 1.66. The minimum absolute atomic E-state index is 0.353. The molecule has 21 heavy (non-hydrogen) atoms. The number of hydrogen-bond acceptors (Lipinski definition) is 4. The lowest BCUT2D eigenvalue weighted by molar-refractivity contribution is -0.139. The van der Waals surface area contributed by atoms with Crippen LogP contribution in [-0.4, -0.2) is 47.7 Å². The zero-order chi connectivity index (χ0) is 15.2. The molecule has 2 heterocycles. The molecule has 2 unspecified atom stereocenters. The van der Waals surface area contributed by atoms with Crippen molar-refractivity contribution in [1.29, 1.82) is 0 Å². The highest BCUT2D eigenvalue weighted by Gasteiger charge is 2.25. The van der Waals surface area contributed by atoms with E-state index in [2.05, 4.69) is 22.5 Å². The van der Waals surface area contributed by atoms with Crippen LogP contribution in [0.4, 0.5) is 4.79 Å². The highest BCUT2D eigenvalue weighted by Crippen LogP contribution is 2.19. The lowest BCUT2D eigenvalue weighted by atomic mass is 10.2. The van der Waals surface area contributed by atoms with Crippen molar-refractivity contribution in [3.05, 3.63) is 22.4 Å². The maximum Gasteiger partial charge on any atom is 0.331 e. The second-order valence-corrected chi connectivity index (χ2v) is 6.04. The van der Waals surface area contributed by atoms with E-state index >= 15 is 0 Å². The van der Waals surface area contributed by atoms with Crippen molar-refractivity contribution in [3.8, 4) is 0 Å². The summed E-state index contributed by atoms with van der Waals surface area (Å²) in [5.41, 5.74) is 0. The van der Waals surface area contributed by atoms with E-state index in [-0.39, 0.29) is 0 Å².